The van der Waals surface area contributed by atoms with Gasteiger partial charge in [-0.15, -0.1) is 0 Å². The van der Waals surface area contributed by atoms with Gasteiger partial charge in [0.25, 0.3) is 10.2 Å². The summed E-state index contributed by atoms with van der Waals surface area (Å²) < 4.78 is 41.6. The molecule has 1 N–H and O–H groups in total. The Kier molecular flexibility index (Phi) is 6.12. The van der Waals surface area contributed by atoms with Gasteiger partial charge in [0.15, 0.2) is 0 Å². The molecular weight excluding hydrogens is 381 g/mol. The van der Waals surface area contributed by atoms with Crippen LogP contribution in [0.2, 0.25) is 0 Å². The van der Waals surface area contributed by atoms with E-state index in [1.807, 2.05) is 32.0 Å². The monoisotopic (exact) mass is 405 g/mol. The average molecular weight is 405 g/mol. The number of carbonyl (C=O) groups is 1. The van der Waals surface area contributed by atoms with Gasteiger partial charge in [-0.05, 0) is 61.2 Å². The predicted octanol–water partition coefficient (Wildman–Crippen LogP) is 2.83. The second-order valence-electron chi connectivity index (χ2n) is 7.08. The highest BCUT2D eigenvalue weighted by atomic mass is 32.2. The number of rotatable bonds is 5. The summed E-state index contributed by atoms with van der Waals surface area (Å²) in [6, 6.07) is 11.5. The molecule has 0 aromatic heterocycles. The van der Waals surface area contributed by atoms with E-state index >= 15 is 0 Å². The van der Waals surface area contributed by atoms with Crippen molar-refractivity contribution < 1.29 is 17.6 Å². The lowest BCUT2D eigenvalue weighted by molar-refractivity contribution is -0.116. The van der Waals surface area contributed by atoms with Crippen LogP contribution in [0, 0.1) is 19.7 Å². The second kappa shape index (κ2) is 8.38. The van der Waals surface area contributed by atoms with Crippen LogP contribution >= 0.6 is 0 Å². The van der Waals surface area contributed by atoms with Crippen LogP contribution in [0.25, 0.3) is 0 Å². The third kappa shape index (κ3) is 4.95. The molecule has 2 aromatic rings. The zero-order valence-corrected chi connectivity index (χ0v) is 16.8. The molecule has 0 aliphatic carbocycles. The summed E-state index contributed by atoms with van der Waals surface area (Å²) in [6.07, 6.45) is 0.603. The highest BCUT2D eigenvalue weighted by Gasteiger charge is 2.34. The number of anilines is 1. The molecule has 6 nitrogen and oxygen atoms in total. The SMILES string of the molecule is Cc1cc(C)cc(NC(=O)CN2CCCN(Cc3cccc(F)c3)S2(=O)=O)c1. The third-order valence-corrected chi connectivity index (χ3v) is 6.47. The van der Waals surface area contributed by atoms with Crippen molar-refractivity contribution in [1.29, 1.82) is 0 Å². The van der Waals surface area contributed by atoms with E-state index in [0.717, 1.165) is 11.1 Å². The molecule has 0 saturated carbocycles. The fourth-order valence-electron chi connectivity index (χ4n) is 3.39. The standard InChI is InChI=1S/C20H24FN3O3S/c1-15-9-16(2)11-19(10-15)22-20(25)14-24-8-4-7-23(28(24,26)27)13-17-5-3-6-18(21)12-17/h3,5-6,9-12H,4,7-8,13-14H2,1-2H3,(H,22,25). The van der Waals surface area contributed by atoms with Crippen molar-refractivity contribution >= 4 is 21.8 Å². The molecule has 1 aliphatic rings. The summed E-state index contributed by atoms with van der Waals surface area (Å²) in [6.45, 7) is 4.31. The minimum atomic E-state index is -3.80. The Morgan fingerprint density at radius 3 is 2.43 bits per heavy atom. The van der Waals surface area contributed by atoms with E-state index in [9.17, 15) is 17.6 Å². The minimum absolute atomic E-state index is 0.0787. The molecule has 1 heterocycles. The highest BCUT2D eigenvalue weighted by molar-refractivity contribution is 7.86. The molecule has 1 saturated heterocycles. The fraction of sp³-hybridized carbons (Fsp3) is 0.350. The zero-order valence-electron chi connectivity index (χ0n) is 16.0. The first-order valence-electron chi connectivity index (χ1n) is 9.12. The molecule has 1 fully saturated rings. The van der Waals surface area contributed by atoms with Gasteiger partial charge < -0.3 is 5.32 Å². The Hall–Kier alpha value is -2.29. The fourth-order valence-corrected chi connectivity index (χ4v) is 5.02. The van der Waals surface area contributed by atoms with Crippen LogP contribution in [0.3, 0.4) is 0 Å². The van der Waals surface area contributed by atoms with Crippen molar-refractivity contribution in [3.05, 3.63) is 65.0 Å². The quantitative estimate of drug-likeness (QED) is 0.832. The van der Waals surface area contributed by atoms with Gasteiger partial charge in [-0.3, -0.25) is 4.79 Å². The van der Waals surface area contributed by atoms with Gasteiger partial charge in [0.1, 0.15) is 5.82 Å². The summed E-state index contributed by atoms with van der Waals surface area (Å²) in [5.41, 5.74) is 3.25. The van der Waals surface area contributed by atoms with E-state index in [1.54, 1.807) is 12.1 Å². The first-order valence-corrected chi connectivity index (χ1v) is 10.5. The van der Waals surface area contributed by atoms with Crippen LogP contribution in [0.4, 0.5) is 10.1 Å². The van der Waals surface area contributed by atoms with Gasteiger partial charge in [0, 0.05) is 25.3 Å². The number of nitrogens with one attached hydrogen (secondary N) is 1. The summed E-state index contributed by atoms with van der Waals surface area (Å²) in [5, 5.41) is 2.77. The zero-order chi connectivity index (χ0) is 20.3. The van der Waals surface area contributed by atoms with Crippen LogP contribution < -0.4 is 5.32 Å². The first kappa shape index (κ1) is 20.4. The second-order valence-corrected chi connectivity index (χ2v) is 9.01. The van der Waals surface area contributed by atoms with E-state index in [4.69, 9.17) is 0 Å². The lowest BCUT2D eigenvalue weighted by Crippen LogP contribution is -2.51. The normalized spacial score (nSPS) is 17.4. The van der Waals surface area contributed by atoms with Crippen molar-refractivity contribution in [2.75, 3.05) is 25.0 Å². The number of carbonyl (C=O) groups excluding carboxylic acids is 1. The van der Waals surface area contributed by atoms with Gasteiger partial charge >= 0.3 is 0 Å². The van der Waals surface area contributed by atoms with E-state index in [0.29, 0.717) is 24.2 Å². The average Bonchev–Trinajstić information content (AvgIpc) is 2.58. The van der Waals surface area contributed by atoms with Crippen molar-refractivity contribution in [1.82, 2.24) is 8.61 Å². The molecular formula is C20H24FN3O3S. The summed E-state index contributed by atoms with van der Waals surface area (Å²) in [7, 11) is -3.80. The topological polar surface area (TPSA) is 69.7 Å². The van der Waals surface area contributed by atoms with Crippen LogP contribution in [0.1, 0.15) is 23.1 Å². The Morgan fingerprint density at radius 1 is 1.07 bits per heavy atom. The largest absolute Gasteiger partial charge is 0.325 e. The molecule has 1 aliphatic heterocycles. The van der Waals surface area contributed by atoms with Gasteiger partial charge in [0.05, 0.1) is 6.54 Å². The Bertz CT molecular complexity index is 958. The third-order valence-electron chi connectivity index (χ3n) is 4.54. The van der Waals surface area contributed by atoms with Crippen LogP contribution in [-0.4, -0.2) is 42.6 Å². The maximum atomic E-state index is 13.4. The van der Waals surface area contributed by atoms with Crippen LogP contribution in [0.5, 0.6) is 0 Å². The smallest absolute Gasteiger partial charge is 0.282 e. The minimum Gasteiger partial charge on any atom is -0.325 e. The van der Waals surface area contributed by atoms with Crippen LogP contribution in [-0.2, 0) is 21.5 Å². The molecule has 0 radical (unpaired) electrons. The number of hydrogen-bond acceptors (Lipinski definition) is 3. The molecule has 0 spiro atoms. The molecule has 150 valence electrons. The van der Waals surface area contributed by atoms with Crippen LogP contribution in [0.15, 0.2) is 42.5 Å². The van der Waals surface area contributed by atoms with Gasteiger partial charge in [-0.2, -0.15) is 17.0 Å². The molecule has 2 aromatic carbocycles. The number of aryl methyl sites for hydroxylation is 2. The molecule has 8 heteroatoms. The Labute approximate surface area is 165 Å². The van der Waals surface area contributed by atoms with E-state index in [1.165, 1.54) is 20.7 Å². The molecule has 0 atom stereocenters. The van der Waals surface area contributed by atoms with Crippen molar-refractivity contribution in [2.24, 2.45) is 0 Å². The first-order chi connectivity index (χ1) is 13.2. The predicted molar refractivity (Wildman–Crippen MR) is 106 cm³/mol. The molecule has 1 amide bonds. The number of amides is 1. The maximum Gasteiger partial charge on any atom is 0.282 e. The van der Waals surface area contributed by atoms with E-state index in [2.05, 4.69) is 5.32 Å². The van der Waals surface area contributed by atoms with Gasteiger partial charge in [0.2, 0.25) is 5.91 Å². The van der Waals surface area contributed by atoms with Crippen molar-refractivity contribution in [3.63, 3.8) is 0 Å². The van der Waals surface area contributed by atoms with Gasteiger partial charge in [-0.1, -0.05) is 18.2 Å². The summed E-state index contributed by atoms with van der Waals surface area (Å²) >= 11 is 0. The van der Waals surface area contributed by atoms with Gasteiger partial charge in [-0.25, -0.2) is 4.39 Å². The Morgan fingerprint density at radius 2 is 1.75 bits per heavy atom. The maximum absolute atomic E-state index is 13.4. The van der Waals surface area contributed by atoms with E-state index in [-0.39, 0.29) is 25.5 Å². The summed E-state index contributed by atoms with van der Waals surface area (Å²) in [4.78, 5) is 12.4. The van der Waals surface area contributed by atoms with E-state index < -0.39 is 16.0 Å². The lowest BCUT2D eigenvalue weighted by Gasteiger charge is -2.34. The molecule has 28 heavy (non-hydrogen) atoms. The highest BCUT2D eigenvalue weighted by Crippen LogP contribution is 2.20. The molecule has 0 unspecified atom stereocenters. The molecule has 0 bridgehead atoms. The van der Waals surface area contributed by atoms with Crippen molar-refractivity contribution in [2.45, 2.75) is 26.8 Å². The Balaban J connectivity index is 1.68. The number of benzene rings is 2. The van der Waals surface area contributed by atoms with Crippen molar-refractivity contribution in [3.8, 4) is 0 Å². The summed E-state index contributed by atoms with van der Waals surface area (Å²) in [5.74, 6) is -0.794. The number of halogens is 1. The number of nitrogens with zero attached hydrogens (tertiary/aromatic N) is 2. The number of hydrogen-bond donors (Lipinski definition) is 1. The lowest BCUT2D eigenvalue weighted by atomic mass is 10.1. The molecule has 3 rings (SSSR count).